The maximum Gasteiger partial charge on any atom is 0.162 e. The largest absolute Gasteiger partial charge is 0.492 e. The number of nitrogens with zero attached hydrogens (tertiary/aromatic N) is 2. The van der Waals surface area contributed by atoms with Crippen molar-refractivity contribution in [2.24, 2.45) is 0 Å². The van der Waals surface area contributed by atoms with Crippen LogP contribution in [0, 0.1) is 11.6 Å². The summed E-state index contributed by atoms with van der Waals surface area (Å²) in [5, 5.41) is 6.03. The lowest BCUT2D eigenvalue weighted by Crippen LogP contribution is -2.12. The number of anilines is 1. The summed E-state index contributed by atoms with van der Waals surface area (Å²) in [6.07, 6.45) is 1.50. The van der Waals surface area contributed by atoms with Crippen LogP contribution < -0.4 is 10.1 Å². The molecule has 2 heterocycles. The van der Waals surface area contributed by atoms with Crippen LogP contribution in [0.4, 0.5) is 14.6 Å². The number of nitrogens with one attached hydrogen (secondary N) is 1. The van der Waals surface area contributed by atoms with E-state index in [2.05, 4.69) is 15.3 Å². The van der Waals surface area contributed by atoms with Crippen molar-refractivity contribution in [3.63, 3.8) is 0 Å². The summed E-state index contributed by atoms with van der Waals surface area (Å²) in [5.41, 5.74) is 0. The van der Waals surface area contributed by atoms with Gasteiger partial charge < -0.3 is 10.1 Å². The Kier molecular flexibility index (Phi) is 3.92. The smallest absolute Gasteiger partial charge is 0.162 e. The van der Waals surface area contributed by atoms with E-state index in [4.69, 9.17) is 4.74 Å². The van der Waals surface area contributed by atoms with E-state index >= 15 is 0 Å². The van der Waals surface area contributed by atoms with Gasteiger partial charge >= 0.3 is 0 Å². The highest BCUT2D eigenvalue weighted by Gasteiger charge is 2.05. The fourth-order valence-corrected chi connectivity index (χ4v) is 2.57. The van der Waals surface area contributed by atoms with Crippen molar-refractivity contribution in [2.45, 2.75) is 0 Å². The topological polar surface area (TPSA) is 47.0 Å². The molecule has 0 saturated carbocycles. The molecule has 0 aliphatic rings. The molecule has 4 nitrogen and oxygen atoms in total. The average Bonchev–Trinajstić information content (AvgIpc) is 2.96. The van der Waals surface area contributed by atoms with Crippen molar-refractivity contribution in [1.29, 1.82) is 0 Å². The lowest BCUT2D eigenvalue weighted by atomic mass is 10.3. The Morgan fingerprint density at radius 1 is 1.14 bits per heavy atom. The molecular weight excluding hydrogens is 296 g/mol. The zero-order valence-electron chi connectivity index (χ0n) is 10.8. The Bertz CT molecular complexity index is 763. The van der Waals surface area contributed by atoms with Gasteiger partial charge in [0.05, 0.1) is 11.9 Å². The van der Waals surface area contributed by atoms with Crippen LogP contribution in [0.15, 0.2) is 36.0 Å². The third-order valence-corrected chi connectivity index (χ3v) is 3.64. The van der Waals surface area contributed by atoms with Gasteiger partial charge in [-0.25, -0.2) is 18.7 Å². The molecule has 0 atom stereocenters. The Morgan fingerprint density at radius 2 is 2.05 bits per heavy atom. The molecule has 0 fully saturated rings. The van der Waals surface area contributed by atoms with Crippen LogP contribution in [0.3, 0.4) is 0 Å². The molecule has 0 aliphatic carbocycles. The van der Waals surface area contributed by atoms with Crippen molar-refractivity contribution in [3.8, 4) is 5.75 Å². The second-order valence-electron chi connectivity index (χ2n) is 4.21. The molecule has 1 aromatic carbocycles. The van der Waals surface area contributed by atoms with Gasteiger partial charge in [-0.3, -0.25) is 0 Å². The van der Waals surface area contributed by atoms with E-state index in [-0.39, 0.29) is 0 Å². The molecule has 0 spiro atoms. The zero-order valence-corrected chi connectivity index (χ0v) is 11.7. The first-order chi connectivity index (χ1) is 10.2. The van der Waals surface area contributed by atoms with Crippen LogP contribution in [0.1, 0.15) is 0 Å². The maximum atomic E-state index is 13.0. The molecule has 0 bridgehead atoms. The first-order valence-corrected chi connectivity index (χ1v) is 7.12. The lowest BCUT2D eigenvalue weighted by Gasteiger charge is -2.08. The van der Waals surface area contributed by atoms with Crippen LogP contribution in [-0.4, -0.2) is 23.1 Å². The standard InChI is InChI=1S/C14H11F2N3OS/c15-11-2-1-9(7-12(11)16)20-5-4-17-13-10-3-6-21-14(10)19-8-18-13/h1-3,6-8H,4-5H2,(H,17,18,19). The average molecular weight is 307 g/mol. The number of aromatic nitrogens is 2. The van der Waals surface area contributed by atoms with Crippen LogP contribution in [0.2, 0.25) is 0 Å². The van der Waals surface area contributed by atoms with E-state index in [0.29, 0.717) is 18.9 Å². The summed E-state index contributed by atoms with van der Waals surface area (Å²) in [6, 6.07) is 5.40. The van der Waals surface area contributed by atoms with Crippen molar-refractivity contribution in [2.75, 3.05) is 18.5 Å². The second kappa shape index (κ2) is 6.01. The van der Waals surface area contributed by atoms with Gasteiger partial charge in [0.2, 0.25) is 0 Å². The fourth-order valence-electron chi connectivity index (χ4n) is 1.84. The summed E-state index contributed by atoms with van der Waals surface area (Å²) >= 11 is 1.54. The van der Waals surface area contributed by atoms with E-state index in [0.717, 1.165) is 28.2 Å². The number of hydrogen-bond donors (Lipinski definition) is 1. The van der Waals surface area contributed by atoms with Gasteiger partial charge in [0.25, 0.3) is 0 Å². The van der Waals surface area contributed by atoms with Gasteiger partial charge in [-0.05, 0) is 23.6 Å². The molecule has 0 unspecified atom stereocenters. The highest BCUT2D eigenvalue weighted by atomic mass is 32.1. The van der Waals surface area contributed by atoms with Crippen LogP contribution in [0.5, 0.6) is 5.75 Å². The molecule has 0 aliphatic heterocycles. The fraction of sp³-hybridized carbons (Fsp3) is 0.143. The van der Waals surface area contributed by atoms with E-state index < -0.39 is 11.6 Å². The Labute approximate surface area is 123 Å². The van der Waals surface area contributed by atoms with E-state index in [9.17, 15) is 8.78 Å². The van der Waals surface area contributed by atoms with Gasteiger partial charge in [-0.2, -0.15) is 0 Å². The number of thiophene rings is 1. The first-order valence-electron chi connectivity index (χ1n) is 6.24. The first kappa shape index (κ1) is 13.7. The molecule has 21 heavy (non-hydrogen) atoms. The normalized spacial score (nSPS) is 10.8. The summed E-state index contributed by atoms with van der Waals surface area (Å²) in [6.45, 7) is 0.793. The number of fused-ring (bicyclic) bond motifs is 1. The third-order valence-electron chi connectivity index (χ3n) is 2.82. The molecule has 0 saturated heterocycles. The maximum absolute atomic E-state index is 13.0. The van der Waals surface area contributed by atoms with Gasteiger partial charge in [-0.15, -0.1) is 11.3 Å². The van der Waals surface area contributed by atoms with Crippen molar-refractivity contribution in [3.05, 3.63) is 47.6 Å². The van der Waals surface area contributed by atoms with Gasteiger partial charge in [0.1, 0.15) is 29.3 Å². The van der Waals surface area contributed by atoms with Gasteiger partial charge in [-0.1, -0.05) is 0 Å². The SMILES string of the molecule is Fc1ccc(OCCNc2ncnc3sccc23)cc1F. The molecule has 3 rings (SSSR count). The summed E-state index contributed by atoms with van der Waals surface area (Å²) in [5.74, 6) is -0.785. The molecule has 3 aromatic rings. The second-order valence-corrected chi connectivity index (χ2v) is 5.11. The van der Waals surface area contributed by atoms with E-state index in [1.807, 2.05) is 11.4 Å². The monoisotopic (exact) mass is 307 g/mol. The molecule has 0 amide bonds. The summed E-state index contributed by atoms with van der Waals surface area (Å²) in [4.78, 5) is 9.23. The van der Waals surface area contributed by atoms with E-state index in [1.54, 1.807) is 11.3 Å². The Hall–Kier alpha value is -2.28. The number of benzene rings is 1. The van der Waals surface area contributed by atoms with Gasteiger partial charge in [0.15, 0.2) is 11.6 Å². The van der Waals surface area contributed by atoms with E-state index in [1.165, 1.54) is 12.4 Å². The molecular formula is C14H11F2N3OS. The minimum absolute atomic E-state index is 0.291. The van der Waals surface area contributed by atoms with Crippen LogP contribution in [0.25, 0.3) is 10.2 Å². The predicted octanol–water partition coefficient (Wildman–Crippen LogP) is 3.46. The number of halogens is 2. The van der Waals surface area contributed by atoms with Crippen molar-refractivity contribution in [1.82, 2.24) is 9.97 Å². The molecule has 108 valence electrons. The zero-order chi connectivity index (χ0) is 14.7. The van der Waals surface area contributed by atoms with Crippen molar-refractivity contribution >= 4 is 27.4 Å². The summed E-state index contributed by atoms with van der Waals surface area (Å²) < 4.78 is 31.1. The van der Waals surface area contributed by atoms with Crippen LogP contribution >= 0.6 is 11.3 Å². The number of rotatable bonds is 5. The highest BCUT2D eigenvalue weighted by Crippen LogP contribution is 2.23. The minimum Gasteiger partial charge on any atom is -0.492 e. The van der Waals surface area contributed by atoms with Gasteiger partial charge in [0, 0.05) is 6.07 Å². The minimum atomic E-state index is -0.920. The van der Waals surface area contributed by atoms with Crippen molar-refractivity contribution < 1.29 is 13.5 Å². The third kappa shape index (κ3) is 3.08. The highest BCUT2D eigenvalue weighted by molar-refractivity contribution is 7.16. The molecule has 2 aromatic heterocycles. The molecule has 0 radical (unpaired) electrons. The Balaban J connectivity index is 1.56. The molecule has 1 N–H and O–H groups in total. The number of hydrogen-bond acceptors (Lipinski definition) is 5. The van der Waals surface area contributed by atoms with Crippen LogP contribution in [-0.2, 0) is 0 Å². The predicted molar refractivity (Wildman–Crippen MR) is 77.8 cm³/mol. The Morgan fingerprint density at radius 3 is 2.90 bits per heavy atom. The quantitative estimate of drug-likeness (QED) is 0.733. The summed E-state index contributed by atoms with van der Waals surface area (Å²) in [7, 11) is 0. The lowest BCUT2D eigenvalue weighted by molar-refractivity contribution is 0.329. The number of ether oxygens (including phenoxy) is 1. The molecule has 7 heteroatoms.